The predicted molar refractivity (Wildman–Crippen MR) is 73.0 cm³/mol. The minimum atomic E-state index is -0.108. The number of H-pyrrole nitrogens is 1. The van der Waals surface area contributed by atoms with E-state index >= 15 is 0 Å². The molecule has 1 atom stereocenters. The molecule has 5 heteroatoms. The van der Waals surface area contributed by atoms with Gasteiger partial charge >= 0.3 is 6.03 Å². The van der Waals surface area contributed by atoms with Crippen molar-refractivity contribution in [1.29, 1.82) is 0 Å². The van der Waals surface area contributed by atoms with Crippen molar-refractivity contribution in [3.63, 3.8) is 0 Å². The maximum Gasteiger partial charge on any atom is 0.318 e. The summed E-state index contributed by atoms with van der Waals surface area (Å²) in [5, 5.41) is 13.1. The Kier molecular flexibility index (Phi) is 2.91. The second-order valence-electron chi connectivity index (χ2n) is 4.88. The van der Waals surface area contributed by atoms with Crippen LogP contribution in [0, 0.1) is 6.92 Å². The number of amides is 2. The molecule has 0 bridgehead atoms. The van der Waals surface area contributed by atoms with Crippen molar-refractivity contribution >= 4 is 16.9 Å². The molecule has 1 aliphatic heterocycles. The maximum atomic E-state index is 11.8. The number of aliphatic hydroxyl groups is 1. The van der Waals surface area contributed by atoms with Crippen LogP contribution in [0.5, 0.6) is 0 Å². The number of aromatic nitrogens is 1. The minimum absolute atomic E-state index is 0.00694. The van der Waals surface area contributed by atoms with Crippen LogP contribution in [0.4, 0.5) is 4.79 Å². The number of nitrogens with one attached hydrogen (secondary N) is 2. The van der Waals surface area contributed by atoms with Gasteiger partial charge in [0.25, 0.3) is 0 Å². The number of benzene rings is 1. The average Bonchev–Trinajstić information content (AvgIpc) is 2.90. The van der Waals surface area contributed by atoms with Crippen LogP contribution in [0.15, 0.2) is 24.3 Å². The fourth-order valence-corrected chi connectivity index (χ4v) is 2.81. The second-order valence-corrected chi connectivity index (χ2v) is 4.88. The molecule has 1 saturated heterocycles. The van der Waals surface area contributed by atoms with Crippen molar-refractivity contribution < 1.29 is 9.90 Å². The SMILES string of the molecule is Cc1[nH]c2ccccc2c1C1CN(CCO)C(=O)N1. The Labute approximate surface area is 111 Å². The predicted octanol–water partition coefficient (Wildman–Crippen LogP) is 1.53. The van der Waals surface area contributed by atoms with E-state index in [1.165, 1.54) is 0 Å². The van der Waals surface area contributed by atoms with Crippen molar-refractivity contribution in [2.45, 2.75) is 13.0 Å². The molecule has 0 spiro atoms. The number of aryl methyl sites for hydroxylation is 1. The molecule has 1 aromatic carbocycles. The molecule has 2 aromatic rings. The van der Waals surface area contributed by atoms with Gasteiger partial charge in [0.1, 0.15) is 0 Å². The lowest BCUT2D eigenvalue weighted by Crippen LogP contribution is -2.30. The van der Waals surface area contributed by atoms with Gasteiger partial charge in [0.05, 0.1) is 12.6 Å². The van der Waals surface area contributed by atoms with Crippen LogP contribution in [0.2, 0.25) is 0 Å². The molecule has 1 aromatic heterocycles. The van der Waals surface area contributed by atoms with Gasteiger partial charge in [-0.05, 0) is 13.0 Å². The van der Waals surface area contributed by atoms with Gasteiger partial charge < -0.3 is 20.3 Å². The van der Waals surface area contributed by atoms with Crippen molar-refractivity contribution in [1.82, 2.24) is 15.2 Å². The first kappa shape index (κ1) is 12.0. The second kappa shape index (κ2) is 4.59. The minimum Gasteiger partial charge on any atom is -0.395 e. The van der Waals surface area contributed by atoms with E-state index in [2.05, 4.69) is 16.4 Å². The first-order chi connectivity index (χ1) is 9.20. The summed E-state index contributed by atoms with van der Waals surface area (Å²) >= 11 is 0. The summed E-state index contributed by atoms with van der Waals surface area (Å²) in [7, 11) is 0. The lowest BCUT2D eigenvalue weighted by atomic mass is 10.0. The number of para-hydroxylation sites is 1. The molecule has 5 nitrogen and oxygen atoms in total. The van der Waals surface area contributed by atoms with Gasteiger partial charge in [0.15, 0.2) is 0 Å². The summed E-state index contributed by atoms with van der Waals surface area (Å²) in [5.74, 6) is 0. The molecule has 100 valence electrons. The fourth-order valence-electron chi connectivity index (χ4n) is 2.81. The molecule has 2 heterocycles. The normalized spacial score (nSPS) is 19.2. The smallest absolute Gasteiger partial charge is 0.318 e. The van der Waals surface area contributed by atoms with Crippen LogP contribution in [-0.2, 0) is 0 Å². The first-order valence-electron chi connectivity index (χ1n) is 6.44. The van der Waals surface area contributed by atoms with Crippen LogP contribution < -0.4 is 5.32 Å². The summed E-state index contributed by atoms with van der Waals surface area (Å²) < 4.78 is 0. The van der Waals surface area contributed by atoms with E-state index in [1.54, 1.807) is 4.90 Å². The van der Waals surface area contributed by atoms with Gasteiger partial charge in [-0.3, -0.25) is 0 Å². The highest BCUT2D eigenvalue weighted by Crippen LogP contribution is 2.30. The molecule has 3 rings (SSSR count). The standard InChI is InChI=1S/C14H17N3O2/c1-9-13(10-4-2-3-5-11(10)15-9)12-8-17(6-7-18)14(19)16-12/h2-5,12,15,18H,6-8H2,1H3,(H,16,19). The number of rotatable bonds is 3. The average molecular weight is 259 g/mol. The molecule has 1 aliphatic rings. The first-order valence-corrected chi connectivity index (χ1v) is 6.44. The fraction of sp³-hybridized carbons (Fsp3) is 0.357. The number of aliphatic hydroxyl groups excluding tert-OH is 1. The largest absolute Gasteiger partial charge is 0.395 e. The Morgan fingerprint density at radius 1 is 1.42 bits per heavy atom. The maximum absolute atomic E-state index is 11.8. The highest BCUT2D eigenvalue weighted by Gasteiger charge is 2.31. The third-order valence-corrected chi connectivity index (χ3v) is 3.65. The lowest BCUT2D eigenvalue weighted by molar-refractivity contribution is 0.196. The summed E-state index contributed by atoms with van der Waals surface area (Å²) in [4.78, 5) is 16.8. The molecule has 0 saturated carbocycles. The molecule has 0 aliphatic carbocycles. The Bertz CT molecular complexity index is 620. The molecule has 0 radical (unpaired) electrons. The van der Waals surface area contributed by atoms with E-state index in [-0.39, 0.29) is 18.7 Å². The number of aromatic amines is 1. The van der Waals surface area contributed by atoms with Gasteiger partial charge in [-0.1, -0.05) is 18.2 Å². The number of urea groups is 1. The summed E-state index contributed by atoms with van der Waals surface area (Å²) in [6.45, 7) is 3.00. The summed E-state index contributed by atoms with van der Waals surface area (Å²) in [5.41, 5.74) is 3.31. The van der Waals surface area contributed by atoms with Crippen molar-refractivity contribution in [3.05, 3.63) is 35.5 Å². The zero-order valence-corrected chi connectivity index (χ0v) is 10.8. The van der Waals surface area contributed by atoms with Crippen LogP contribution in [-0.4, -0.2) is 40.7 Å². The van der Waals surface area contributed by atoms with Crippen molar-refractivity contribution in [2.24, 2.45) is 0 Å². The zero-order chi connectivity index (χ0) is 13.4. The molecule has 19 heavy (non-hydrogen) atoms. The number of β-amino-alcohol motifs (C(OH)–C–C–N with tert-alkyl or cyclic N) is 1. The summed E-state index contributed by atoms with van der Waals surface area (Å²) in [6, 6.07) is 7.97. The van der Waals surface area contributed by atoms with Gasteiger partial charge in [-0.15, -0.1) is 0 Å². The lowest BCUT2D eigenvalue weighted by Gasteiger charge is -2.13. The van der Waals surface area contributed by atoms with Crippen molar-refractivity contribution in [3.8, 4) is 0 Å². The molecular formula is C14H17N3O2. The van der Waals surface area contributed by atoms with Gasteiger partial charge in [-0.2, -0.15) is 0 Å². The van der Waals surface area contributed by atoms with Crippen LogP contribution >= 0.6 is 0 Å². The van der Waals surface area contributed by atoms with Crippen LogP contribution in [0.25, 0.3) is 10.9 Å². The monoisotopic (exact) mass is 259 g/mol. The van der Waals surface area contributed by atoms with E-state index < -0.39 is 0 Å². The number of carbonyl (C=O) groups excluding carboxylic acids is 1. The Morgan fingerprint density at radius 2 is 2.21 bits per heavy atom. The van der Waals surface area contributed by atoms with Gasteiger partial charge in [0.2, 0.25) is 0 Å². The molecule has 1 fully saturated rings. The topological polar surface area (TPSA) is 68.4 Å². The highest BCUT2D eigenvalue weighted by atomic mass is 16.3. The van der Waals surface area contributed by atoms with E-state index in [4.69, 9.17) is 5.11 Å². The van der Waals surface area contributed by atoms with Gasteiger partial charge in [0, 0.05) is 35.2 Å². The molecule has 1 unspecified atom stereocenters. The van der Waals surface area contributed by atoms with E-state index in [0.717, 1.165) is 22.2 Å². The number of nitrogens with zero attached hydrogens (tertiary/aromatic N) is 1. The molecule has 3 N–H and O–H groups in total. The Balaban J connectivity index is 1.97. The van der Waals surface area contributed by atoms with Crippen molar-refractivity contribution in [2.75, 3.05) is 19.7 Å². The number of hydrogen-bond donors (Lipinski definition) is 3. The molecule has 2 amide bonds. The Morgan fingerprint density at radius 3 is 3.00 bits per heavy atom. The zero-order valence-electron chi connectivity index (χ0n) is 10.8. The van der Waals surface area contributed by atoms with Gasteiger partial charge in [-0.25, -0.2) is 4.79 Å². The number of hydrogen-bond acceptors (Lipinski definition) is 2. The van der Waals surface area contributed by atoms with E-state index in [9.17, 15) is 4.79 Å². The quantitative estimate of drug-likeness (QED) is 0.782. The van der Waals surface area contributed by atoms with E-state index in [0.29, 0.717) is 13.1 Å². The molecular weight excluding hydrogens is 242 g/mol. The number of fused-ring (bicyclic) bond motifs is 1. The van der Waals surface area contributed by atoms with Crippen LogP contribution in [0.1, 0.15) is 17.3 Å². The third-order valence-electron chi connectivity index (χ3n) is 3.65. The van der Waals surface area contributed by atoms with E-state index in [1.807, 2.05) is 25.1 Å². The number of carbonyl (C=O) groups is 1. The third kappa shape index (κ3) is 1.96. The highest BCUT2D eigenvalue weighted by molar-refractivity contribution is 5.87. The Hall–Kier alpha value is -2.01. The van der Waals surface area contributed by atoms with Crippen LogP contribution in [0.3, 0.4) is 0 Å². The summed E-state index contributed by atoms with van der Waals surface area (Å²) in [6.07, 6.45) is 0.